The van der Waals surface area contributed by atoms with Crippen molar-refractivity contribution >= 4 is 23.6 Å². The minimum absolute atomic E-state index is 0.118. The van der Waals surface area contributed by atoms with Crippen molar-refractivity contribution in [3.8, 4) is 0 Å². The highest BCUT2D eigenvalue weighted by Crippen LogP contribution is 2.22. The van der Waals surface area contributed by atoms with Crippen LogP contribution in [-0.4, -0.2) is 113 Å². The second-order valence-corrected chi connectivity index (χ2v) is 7.53. The standard InChI is InChI=1S/C20H31N5O6/c21-16-3-1-15(2-4-16)19(20(30)31)25-8-6-22-5-7-23(13-17(26)27)9-10-24(11-12-25)14-18(28)29/h1-4,19,22H,5-14,21H2,(H,26,27)(H,28,29)(H,30,31). The first-order chi connectivity index (χ1) is 14.8. The third kappa shape index (κ3) is 8.50. The number of rotatable bonds is 7. The number of carbonyl (C=O) groups is 3. The van der Waals surface area contributed by atoms with Gasteiger partial charge in [0.25, 0.3) is 0 Å². The first-order valence-electron chi connectivity index (χ1n) is 10.2. The molecule has 1 aromatic carbocycles. The maximum absolute atomic E-state index is 12.1. The Bertz CT molecular complexity index is 744. The summed E-state index contributed by atoms with van der Waals surface area (Å²) in [6.45, 7) is 3.11. The lowest BCUT2D eigenvalue weighted by Gasteiger charge is -2.33. The quantitative estimate of drug-likeness (QED) is 0.335. The number of nitrogens with zero attached hydrogens (tertiary/aromatic N) is 3. The van der Waals surface area contributed by atoms with Gasteiger partial charge in [-0.3, -0.25) is 29.1 Å². The molecule has 1 unspecified atom stereocenters. The van der Waals surface area contributed by atoms with Crippen LogP contribution in [0.2, 0.25) is 0 Å². The SMILES string of the molecule is Nc1ccc(C(C(=O)O)N2CCNCCN(CC(=O)O)CCN(CC(=O)O)CC2)cc1. The zero-order chi connectivity index (χ0) is 22.8. The van der Waals surface area contributed by atoms with Gasteiger partial charge in [-0.05, 0) is 17.7 Å². The Morgan fingerprint density at radius 1 is 0.839 bits per heavy atom. The van der Waals surface area contributed by atoms with Gasteiger partial charge < -0.3 is 26.4 Å². The van der Waals surface area contributed by atoms with Crippen LogP contribution in [0.5, 0.6) is 0 Å². The summed E-state index contributed by atoms with van der Waals surface area (Å²) >= 11 is 0. The molecule has 0 radical (unpaired) electrons. The van der Waals surface area contributed by atoms with Crippen LogP contribution < -0.4 is 11.1 Å². The maximum Gasteiger partial charge on any atom is 0.325 e. The lowest BCUT2D eigenvalue weighted by atomic mass is 10.0. The molecule has 0 spiro atoms. The number of anilines is 1. The highest BCUT2D eigenvalue weighted by atomic mass is 16.4. The van der Waals surface area contributed by atoms with E-state index in [1.54, 1.807) is 34.1 Å². The van der Waals surface area contributed by atoms with Crippen LogP contribution in [0.25, 0.3) is 0 Å². The van der Waals surface area contributed by atoms with Gasteiger partial charge in [-0.2, -0.15) is 0 Å². The smallest absolute Gasteiger partial charge is 0.325 e. The second-order valence-electron chi connectivity index (χ2n) is 7.53. The minimum atomic E-state index is -0.991. The highest BCUT2D eigenvalue weighted by Gasteiger charge is 2.28. The molecule has 11 nitrogen and oxygen atoms in total. The molecular formula is C20H31N5O6. The minimum Gasteiger partial charge on any atom is -0.480 e. The van der Waals surface area contributed by atoms with Crippen molar-refractivity contribution in [2.75, 3.05) is 71.2 Å². The molecule has 1 aliphatic rings. The van der Waals surface area contributed by atoms with Crippen molar-refractivity contribution in [2.45, 2.75) is 6.04 Å². The van der Waals surface area contributed by atoms with E-state index in [0.29, 0.717) is 63.6 Å². The van der Waals surface area contributed by atoms with Gasteiger partial charge in [0.15, 0.2) is 0 Å². The Morgan fingerprint density at radius 2 is 1.35 bits per heavy atom. The topological polar surface area (TPSA) is 160 Å². The normalized spacial score (nSPS) is 19.1. The molecule has 1 fully saturated rings. The zero-order valence-electron chi connectivity index (χ0n) is 17.4. The number of hydrogen-bond acceptors (Lipinski definition) is 8. The van der Waals surface area contributed by atoms with Crippen molar-refractivity contribution in [2.24, 2.45) is 0 Å². The van der Waals surface area contributed by atoms with Crippen LogP contribution in [0, 0.1) is 0 Å². The zero-order valence-corrected chi connectivity index (χ0v) is 17.4. The van der Waals surface area contributed by atoms with Crippen molar-refractivity contribution < 1.29 is 29.7 Å². The number of hydrogen-bond donors (Lipinski definition) is 5. The first-order valence-corrected chi connectivity index (χ1v) is 10.2. The van der Waals surface area contributed by atoms with E-state index in [2.05, 4.69) is 5.32 Å². The lowest BCUT2D eigenvalue weighted by molar-refractivity contribution is -0.144. The van der Waals surface area contributed by atoms with Crippen molar-refractivity contribution in [1.29, 1.82) is 0 Å². The molecule has 1 aromatic rings. The molecule has 0 saturated carbocycles. The van der Waals surface area contributed by atoms with Crippen molar-refractivity contribution in [3.63, 3.8) is 0 Å². The number of nitrogen functional groups attached to an aromatic ring is 1. The Hall–Kier alpha value is -2.73. The molecule has 1 atom stereocenters. The van der Waals surface area contributed by atoms with Gasteiger partial charge in [0.05, 0.1) is 13.1 Å². The highest BCUT2D eigenvalue weighted by molar-refractivity contribution is 5.75. The van der Waals surface area contributed by atoms with E-state index in [1.807, 2.05) is 4.90 Å². The van der Waals surface area contributed by atoms with E-state index < -0.39 is 23.9 Å². The van der Waals surface area contributed by atoms with Gasteiger partial charge in [0.2, 0.25) is 0 Å². The predicted octanol–water partition coefficient (Wildman–Crippen LogP) is -0.927. The number of aliphatic carboxylic acids is 3. The number of nitrogens with two attached hydrogens (primary N) is 1. The molecule has 0 bridgehead atoms. The second kappa shape index (κ2) is 12.2. The van der Waals surface area contributed by atoms with E-state index in [1.165, 1.54) is 0 Å². The van der Waals surface area contributed by atoms with Gasteiger partial charge in [-0.15, -0.1) is 0 Å². The summed E-state index contributed by atoms with van der Waals surface area (Å²) in [6, 6.07) is 5.81. The number of carboxylic acid groups (broad SMARTS) is 3. The van der Waals surface area contributed by atoms with Gasteiger partial charge in [0, 0.05) is 58.0 Å². The Balaban J connectivity index is 2.18. The molecular weight excluding hydrogens is 406 g/mol. The molecule has 11 heteroatoms. The Labute approximate surface area is 181 Å². The van der Waals surface area contributed by atoms with Crippen LogP contribution >= 0.6 is 0 Å². The monoisotopic (exact) mass is 437 g/mol. The van der Waals surface area contributed by atoms with E-state index in [4.69, 9.17) is 10.8 Å². The Morgan fingerprint density at radius 3 is 1.90 bits per heavy atom. The van der Waals surface area contributed by atoms with Crippen LogP contribution in [0.1, 0.15) is 11.6 Å². The molecule has 1 heterocycles. The number of carboxylic acids is 3. The molecule has 31 heavy (non-hydrogen) atoms. The summed E-state index contributed by atoms with van der Waals surface area (Å²) in [6.07, 6.45) is 0. The summed E-state index contributed by atoms with van der Waals surface area (Å²) in [5, 5.41) is 31.5. The van der Waals surface area contributed by atoms with Gasteiger partial charge in [0.1, 0.15) is 6.04 Å². The summed E-state index contributed by atoms with van der Waals surface area (Å²) in [7, 11) is 0. The van der Waals surface area contributed by atoms with E-state index >= 15 is 0 Å². The fourth-order valence-electron chi connectivity index (χ4n) is 3.62. The fraction of sp³-hybridized carbons (Fsp3) is 0.550. The van der Waals surface area contributed by atoms with Gasteiger partial charge in [-0.25, -0.2) is 0 Å². The lowest BCUT2D eigenvalue weighted by Crippen LogP contribution is -2.48. The van der Waals surface area contributed by atoms with Gasteiger partial charge >= 0.3 is 17.9 Å². The Kier molecular flexibility index (Phi) is 9.66. The molecule has 172 valence electrons. The molecule has 1 saturated heterocycles. The maximum atomic E-state index is 12.1. The molecule has 6 N–H and O–H groups in total. The predicted molar refractivity (Wildman–Crippen MR) is 114 cm³/mol. The molecule has 1 aliphatic heterocycles. The average Bonchev–Trinajstić information content (AvgIpc) is 2.68. The van der Waals surface area contributed by atoms with Crippen molar-refractivity contribution in [1.82, 2.24) is 20.0 Å². The summed E-state index contributed by atoms with van der Waals surface area (Å²) in [5.74, 6) is -2.91. The molecule has 0 amide bonds. The van der Waals surface area contributed by atoms with Crippen LogP contribution in [-0.2, 0) is 14.4 Å². The van der Waals surface area contributed by atoms with E-state index in [9.17, 15) is 24.6 Å². The summed E-state index contributed by atoms with van der Waals surface area (Å²) in [5.41, 5.74) is 6.88. The molecule has 0 aromatic heterocycles. The number of nitrogens with one attached hydrogen (secondary N) is 1. The van der Waals surface area contributed by atoms with Crippen LogP contribution in [0.4, 0.5) is 5.69 Å². The van der Waals surface area contributed by atoms with Gasteiger partial charge in [-0.1, -0.05) is 12.1 Å². The van der Waals surface area contributed by atoms with E-state index in [-0.39, 0.29) is 13.1 Å². The van der Waals surface area contributed by atoms with E-state index in [0.717, 1.165) is 0 Å². The molecule has 0 aliphatic carbocycles. The average molecular weight is 437 g/mol. The van der Waals surface area contributed by atoms with Crippen molar-refractivity contribution in [3.05, 3.63) is 29.8 Å². The number of benzene rings is 1. The summed E-state index contributed by atoms with van der Waals surface area (Å²) in [4.78, 5) is 39.8. The third-order valence-electron chi connectivity index (χ3n) is 5.19. The molecule has 2 rings (SSSR count). The summed E-state index contributed by atoms with van der Waals surface area (Å²) < 4.78 is 0. The largest absolute Gasteiger partial charge is 0.480 e. The van der Waals surface area contributed by atoms with Crippen LogP contribution in [0.15, 0.2) is 24.3 Å². The third-order valence-corrected chi connectivity index (χ3v) is 5.19. The fourth-order valence-corrected chi connectivity index (χ4v) is 3.62. The van der Waals surface area contributed by atoms with Crippen LogP contribution in [0.3, 0.4) is 0 Å². The first kappa shape index (κ1) is 24.5.